The van der Waals surface area contributed by atoms with Gasteiger partial charge < -0.3 is 9.88 Å². The fraction of sp³-hybridized carbons (Fsp3) is 0.333. The van der Waals surface area contributed by atoms with Crippen LogP contribution in [-0.2, 0) is 4.79 Å². The molecule has 3 atom stereocenters. The lowest BCUT2D eigenvalue weighted by molar-refractivity contribution is -0.121. The van der Waals surface area contributed by atoms with Crippen LogP contribution in [0.2, 0.25) is 0 Å². The Bertz CT molecular complexity index is 852. The quantitative estimate of drug-likeness (QED) is 0.442. The van der Waals surface area contributed by atoms with E-state index < -0.39 is 0 Å². The minimum atomic E-state index is -0.213. The van der Waals surface area contributed by atoms with E-state index in [1.165, 1.54) is 0 Å². The summed E-state index contributed by atoms with van der Waals surface area (Å²) in [6, 6.07) is 20.3. The maximum Gasteiger partial charge on any atom is 0.234 e. The summed E-state index contributed by atoms with van der Waals surface area (Å²) in [5, 5.41) is 3.88. The van der Waals surface area contributed by atoms with Gasteiger partial charge in [-0.1, -0.05) is 61.5 Å². The Morgan fingerprint density at radius 3 is 2.45 bits per heavy atom. The first kappa shape index (κ1) is 21.2. The first-order valence-corrected chi connectivity index (χ1v) is 11.1. The molecule has 0 saturated carbocycles. The van der Waals surface area contributed by atoms with Crippen LogP contribution < -0.4 is 5.32 Å². The highest BCUT2D eigenvalue weighted by Crippen LogP contribution is 2.31. The molecule has 2 heterocycles. The molecule has 0 saturated heterocycles. The van der Waals surface area contributed by atoms with E-state index >= 15 is 0 Å². The summed E-state index contributed by atoms with van der Waals surface area (Å²) in [7, 11) is 0. The average molecular weight is 408 g/mol. The monoisotopic (exact) mass is 407 g/mol. The van der Waals surface area contributed by atoms with Crippen LogP contribution in [0.25, 0.3) is 0 Å². The molecule has 4 nitrogen and oxygen atoms in total. The molecule has 3 rings (SSSR count). The summed E-state index contributed by atoms with van der Waals surface area (Å²) in [6.07, 6.45) is 8.83. The van der Waals surface area contributed by atoms with Crippen LogP contribution >= 0.6 is 11.8 Å². The standard InChI is InChI=1S/C24H29N3OS/c1-3-11-21(27-16-9-10-17-27)18-22(29-23-14-7-8-15-25-23)24(28)26-19(2)20-12-5-4-6-13-20/h4-10,12-17,19,21-22H,3,11,18H2,1-2H3,(H,26,28)/t19-,21-,22-/m0/s1. The number of thioether (sulfide) groups is 1. The average Bonchev–Trinajstić information content (AvgIpc) is 3.29. The molecular formula is C24H29N3OS. The number of amides is 1. The number of carbonyl (C=O) groups is 1. The van der Waals surface area contributed by atoms with E-state index in [9.17, 15) is 4.79 Å². The summed E-state index contributed by atoms with van der Waals surface area (Å²) in [6.45, 7) is 4.22. The van der Waals surface area contributed by atoms with Gasteiger partial charge in [-0.15, -0.1) is 0 Å². The second-order valence-corrected chi connectivity index (χ2v) is 8.45. The van der Waals surface area contributed by atoms with Crippen molar-refractivity contribution in [1.29, 1.82) is 0 Å². The molecule has 5 heteroatoms. The van der Waals surface area contributed by atoms with Crippen molar-refractivity contribution in [3.8, 4) is 0 Å². The van der Waals surface area contributed by atoms with Gasteiger partial charge in [0.15, 0.2) is 0 Å². The number of pyridine rings is 1. The first-order chi connectivity index (χ1) is 14.2. The lowest BCUT2D eigenvalue weighted by Crippen LogP contribution is -2.36. The van der Waals surface area contributed by atoms with Gasteiger partial charge in [-0.3, -0.25) is 4.79 Å². The molecule has 0 aliphatic heterocycles. The smallest absolute Gasteiger partial charge is 0.234 e. The van der Waals surface area contributed by atoms with Gasteiger partial charge in [0.2, 0.25) is 5.91 Å². The highest BCUT2D eigenvalue weighted by atomic mass is 32.2. The van der Waals surface area contributed by atoms with Gasteiger partial charge in [-0.2, -0.15) is 0 Å². The predicted octanol–water partition coefficient (Wildman–Crippen LogP) is 5.65. The molecule has 0 aliphatic carbocycles. The number of nitrogens with zero attached hydrogens (tertiary/aromatic N) is 2. The highest BCUT2D eigenvalue weighted by molar-refractivity contribution is 8.00. The molecule has 2 aromatic heterocycles. The van der Waals surface area contributed by atoms with Crippen molar-refractivity contribution in [3.63, 3.8) is 0 Å². The molecule has 0 radical (unpaired) electrons. The van der Waals surface area contributed by atoms with Crippen LogP contribution in [-0.4, -0.2) is 20.7 Å². The van der Waals surface area contributed by atoms with Crippen LogP contribution in [0.1, 0.15) is 50.8 Å². The van der Waals surface area contributed by atoms with E-state index in [0.29, 0.717) is 0 Å². The largest absolute Gasteiger partial charge is 0.351 e. The molecule has 1 amide bonds. The fourth-order valence-electron chi connectivity index (χ4n) is 3.46. The molecular weight excluding hydrogens is 378 g/mol. The van der Waals surface area contributed by atoms with Crippen LogP contribution in [0.4, 0.5) is 0 Å². The zero-order chi connectivity index (χ0) is 20.5. The van der Waals surface area contributed by atoms with Crippen molar-refractivity contribution in [1.82, 2.24) is 14.9 Å². The van der Waals surface area contributed by atoms with E-state index in [0.717, 1.165) is 29.9 Å². The Hall–Kier alpha value is -2.53. The number of carbonyl (C=O) groups excluding carboxylic acids is 1. The zero-order valence-electron chi connectivity index (χ0n) is 17.1. The Labute approximate surface area is 177 Å². The maximum absolute atomic E-state index is 13.3. The summed E-state index contributed by atoms with van der Waals surface area (Å²) < 4.78 is 2.23. The summed E-state index contributed by atoms with van der Waals surface area (Å²) in [5.74, 6) is 0.0604. The summed E-state index contributed by atoms with van der Waals surface area (Å²) in [4.78, 5) is 17.7. The van der Waals surface area contributed by atoms with E-state index in [2.05, 4.69) is 34.2 Å². The molecule has 0 spiro atoms. The number of nitrogens with one attached hydrogen (secondary N) is 1. The van der Waals surface area contributed by atoms with Gasteiger partial charge in [-0.05, 0) is 49.6 Å². The summed E-state index contributed by atoms with van der Waals surface area (Å²) >= 11 is 1.55. The van der Waals surface area contributed by atoms with Crippen molar-refractivity contribution in [2.45, 2.75) is 55.5 Å². The minimum Gasteiger partial charge on any atom is -0.351 e. The van der Waals surface area contributed by atoms with Gasteiger partial charge >= 0.3 is 0 Å². The van der Waals surface area contributed by atoms with E-state index in [1.54, 1.807) is 18.0 Å². The van der Waals surface area contributed by atoms with E-state index in [4.69, 9.17) is 0 Å². The second kappa shape index (κ2) is 10.9. The third-order valence-electron chi connectivity index (χ3n) is 5.01. The third-order valence-corrected chi connectivity index (χ3v) is 6.18. The maximum atomic E-state index is 13.3. The van der Waals surface area contributed by atoms with Crippen LogP contribution in [0.5, 0.6) is 0 Å². The lowest BCUT2D eigenvalue weighted by Gasteiger charge is -2.25. The van der Waals surface area contributed by atoms with Crippen molar-refractivity contribution in [2.24, 2.45) is 0 Å². The SMILES string of the molecule is CCC[C@@H](C[C@H](Sc1ccccn1)C(=O)N[C@@H](C)c1ccccc1)n1cccc1. The number of hydrogen-bond donors (Lipinski definition) is 1. The van der Waals surface area contributed by atoms with Gasteiger partial charge in [0.25, 0.3) is 0 Å². The normalized spacial score (nSPS) is 14.1. The highest BCUT2D eigenvalue weighted by Gasteiger charge is 2.26. The molecule has 152 valence electrons. The summed E-state index contributed by atoms with van der Waals surface area (Å²) in [5.41, 5.74) is 1.11. The zero-order valence-corrected chi connectivity index (χ0v) is 17.9. The molecule has 3 aromatic rings. The first-order valence-electron chi connectivity index (χ1n) is 10.2. The Kier molecular flexibility index (Phi) is 7.94. The second-order valence-electron chi connectivity index (χ2n) is 7.22. The fourth-order valence-corrected chi connectivity index (χ4v) is 4.53. The van der Waals surface area contributed by atoms with Crippen molar-refractivity contribution in [3.05, 3.63) is 84.8 Å². The molecule has 0 aliphatic rings. The van der Waals surface area contributed by atoms with E-state index in [1.807, 2.05) is 67.6 Å². The minimum absolute atomic E-state index is 0.0354. The molecule has 0 fully saturated rings. The van der Waals surface area contributed by atoms with Crippen LogP contribution in [0.3, 0.4) is 0 Å². The number of benzene rings is 1. The number of hydrogen-bond acceptors (Lipinski definition) is 3. The van der Waals surface area contributed by atoms with Crippen molar-refractivity contribution >= 4 is 17.7 Å². The third kappa shape index (κ3) is 6.23. The molecule has 29 heavy (non-hydrogen) atoms. The van der Waals surface area contributed by atoms with Crippen molar-refractivity contribution < 1.29 is 4.79 Å². The van der Waals surface area contributed by atoms with Crippen molar-refractivity contribution in [2.75, 3.05) is 0 Å². The molecule has 1 aromatic carbocycles. The van der Waals surface area contributed by atoms with Gasteiger partial charge in [0.1, 0.15) is 0 Å². The lowest BCUT2D eigenvalue weighted by atomic mass is 10.0. The van der Waals surface area contributed by atoms with Crippen LogP contribution in [0.15, 0.2) is 84.3 Å². The Morgan fingerprint density at radius 1 is 1.07 bits per heavy atom. The topological polar surface area (TPSA) is 46.9 Å². The van der Waals surface area contributed by atoms with Gasteiger partial charge in [0, 0.05) is 24.6 Å². The molecule has 0 bridgehead atoms. The molecule has 1 N–H and O–H groups in total. The predicted molar refractivity (Wildman–Crippen MR) is 120 cm³/mol. The Balaban J connectivity index is 1.77. The van der Waals surface area contributed by atoms with E-state index in [-0.39, 0.29) is 23.2 Å². The van der Waals surface area contributed by atoms with Crippen LogP contribution in [0, 0.1) is 0 Å². The molecule has 0 unspecified atom stereocenters. The number of rotatable bonds is 10. The van der Waals surface area contributed by atoms with Gasteiger partial charge in [-0.25, -0.2) is 4.98 Å². The Morgan fingerprint density at radius 2 is 1.79 bits per heavy atom. The van der Waals surface area contributed by atoms with Gasteiger partial charge in [0.05, 0.1) is 16.3 Å². The number of aromatic nitrogens is 2.